The zero-order valence-electron chi connectivity index (χ0n) is 13.2. The number of halogens is 2. The highest BCUT2D eigenvalue weighted by molar-refractivity contribution is 6.30. The second-order valence-electron chi connectivity index (χ2n) is 6.43. The van der Waals surface area contributed by atoms with Gasteiger partial charge in [0.1, 0.15) is 11.6 Å². The third-order valence-electron chi connectivity index (χ3n) is 4.48. The molecule has 23 heavy (non-hydrogen) atoms. The molecule has 1 aromatic heterocycles. The van der Waals surface area contributed by atoms with E-state index in [1.165, 1.54) is 6.07 Å². The van der Waals surface area contributed by atoms with Crippen molar-refractivity contribution in [3.63, 3.8) is 0 Å². The van der Waals surface area contributed by atoms with Gasteiger partial charge < -0.3 is 9.32 Å². The van der Waals surface area contributed by atoms with Gasteiger partial charge in [-0.15, -0.1) is 0 Å². The van der Waals surface area contributed by atoms with Gasteiger partial charge in [0.2, 0.25) is 5.91 Å². The van der Waals surface area contributed by atoms with Crippen LogP contribution in [0, 0.1) is 5.82 Å². The van der Waals surface area contributed by atoms with E-state index in [0.717, 1.165) is 24.2 Å². The summed E-state index contributed by atoms with van der Waals surface area (Å²) < 4.78 is 19.8. The van der Waals surface area contributed by atoms with E-state index in [2.05, 4.69) is 0 Å². The number of furan rings is 1. The van der Waals surface area contributed by atoms with E-state index >= 15 is 0 Å². The maximum atomic E-state index is 14.4. The fraction of sp³-hybridized carbons (Fsp3) is 0.389. The molecule has 0 saturated carbocycles. The standard InChI is InChI=1S/C18H19ClFNO2/c1-18(2,13-5-3-6-14(19)16(13)20)17(22)21-9-4-7-15-12(11-21)8-10-23-15/h3,5-6,8,10H,4,7,9,11H2,1-2H3. The summed E-state index contributed by atoms with van der Waals surface area (Å²) in [6.45, 7) is 4.61. The molecular formula is C18H19ClFNO2. The quantitative estimate of drug-likeness (QED) is 0.818. The van der Waals surface area contributed by atoms with Gasteiger partial charge in [0, 0.05) is 30.6 Å². The number of carbonyl (C=O) groups is 1. The van der Waals surface area contributed by atoms with Crippen molar-refractivity contribution in [3.8, 4) is 0 Å². The Bertz CT molecular complexity index is 738. The number of fused-ring (bicyclic) bond motifs is 1. The molecule has 0 aliphatic carbocycles. The Kier molecular flexibility index (Phi) is 4.19. The number of amides is 1. The van der Waals surface area contributed by atoms with Crippen molar-refractivity contribution in [1.82, 2.24) is 4.90 Å². The molecule has 0 unspecified atom stereocenters. The molecule has 0 radical (unpaired) electrons. The minimum absolute atomic E-state index is 0.0383. The van der Waals surface area contributed by atoms with Crippen molar-refractivity contribution >= 4 is 17.5 Å². The zero-order valence-corrected chi connectivity index (χ0v) is 14.0. The van der Waals surface area contributed by atoms with Gasteiger partial charge >= 0.3 is 0 Å². The van der Waals surface area contributed by atoms with Crippen LogP contribution in [0.4, 0.5) is 4.39 Å². The molecule has 122 valence electrons. The average Bonchev–Trinajstić information content (AvgIpc) is 2.86. The highest BCUT2D eigenvalue weighted by Gasteiger charge is 2.37. The number of carbonyl (C=O) groups excluding carboxylic acids is 1. The van der Waals surface area contributed by atoms with Crippen LogP contribution in [0.5, 0.6) is 0 Å². The number of aryl methyl sites for hydroxylation is 1. The fourth-order valence-electron chi connectivity index (χ4n) is 3.11. The van der Waals surface area contributed by atoms with Crippen molar-refractivity contribution in [2.75, 3.05) is 6.54 Å². The molecule has 1 aromatic carbocycles. The predicted octanol–water partition coefficient (Wildman–Crippen LogP) is 4.32. The van der Waals surface area contributed by atoms with E-state index < -0.39 is 11.2 Å². The fourth-order valence-corrected chi connectivity index (χ4v) is 3.29. The molecule has 0 atom stereocenters. The lowest BCUT2D eigenvalue weighted by molar-refractivity contribution is -0.137. The van der Waals surface area contributed by atoms with Crippen molar-refractivity contribution in [3.05, 3.63) is 58.3 Å². The third kappa shape index (κ3) is 2.88. The van der Waals surface area contributed by atoms with Gasteiger partial charge in [0.15, 0.2) is 0 Å². The summed E-state index contributed by atoms with van der Waals surface area (Å²) in [6.07, 6.45) is 3.30. The van der Waals surface area contributed by atoms with Gasteiger partial charge in [0.05, 0.1) is 16.7 Å². The summed E-state index contributed by atoms with van der Waals surface area (Å²) in [5, 5.41) is 0.0383. The predicted molar refractivity (Wildman–Crippen MR) is 86.9 cm³/mol. The maximum absolute atomic E-state index is 14.4. The lowest BCUT2D eigenvalue weighted by Crippen LogP contribution is -2.43. The Morgan fingerprint density at radius 1 is 1.35 bits per heavy atom. The molecule has 1 amide bonds. The smallest absolute Gasteiger partial charge is 0.233 e. The molecule has 3 nitrogen and oxygen atoms in total. The van der Waals surface area contributed by atoms with Crippen LogP contribution in [0.1, 0.15) is 37.2 Å². The number of benzene rings is 1. The van der Waals surface area contributed by atoms with Crippen LogP contribution < -0.4 is 0 Å². The number of hydrogen-bond acceptors (Lipinski definition) is 2. The normalized spacial score (nSPS) is 15.2. The van der Waals surface area contributed by atoms with Crippen LogP contribution in [-0.2, 0) is 23.2 Å². The highest BCUT2D eigenvalue weighted by Crippen LogP contribution is 2.32. The molecule has 2 aromatic rings. The first kappa shape index (κ1) is 16.1. The second kappa shape index (κ2) is 6.00. The molecule has 0 spiro atoms. The van der Waals surface area contributed by atoms with Crippen molar-refractivity contribution in [2.24, 2.45) is 0 Å². The Morgan fingerprint density at radius 3 is 2.91 bits per heavy atom. The van der Waals surface area contributed by atoms with Gasteiger partial charge in [-0.1, -0.05) is 23.7 Å². The third-order valence-corrected chi connectivity index (χ3v) is 4.77. The Labute approximate surface area is 140 Å². The van der Waals surface area contributed by atoms with E-state index in [1.807, 2.05) is 6.07 Å². The summed E-state index contributed by atoms with van der Waals surface area (Å²) in [4.78, 5) is 14.8. The van der Waals surface area contributed by atoms with E-state index in [1.54, 1.807) is 37.1 Å². The zero-order chi connectivity index (χ0) is 16.6. The van der Waals surface area contributed by atoms with Crippen LogP contribution in [0.15, 0.2) is 34.9 Å². The van der Waals surface area contributed by atoms with Gasteiger partial charge in [-0.3, -0.25) is 4.79 Å². The molecule has 1 aliphatic heterocycles. The van der Waals surface area contributed by atoms with Gasteiger partial charge in [-0.25, -0.2) is 4.39 Å². The number of nitrogens with zero attached hydrogens (tertiary/aromatic N) is 1. The molecule has 0 bridgehead atoms. The lowest BCUT2D eigenvalue weighted by atomic mass is 9.82. The molecule has 0 N–H and O–H groups in total. The minimum atomic E-state index is -0.983. The van der Waals surface area contributed by atoms with Gasteiger partial charge in [-0.2, -0.15) is 0 Å². The van der Waals surface area contributed by atoms with E-state index in [-0.39, 0.29) is 10.9 Å². The maximum Gasteiger partial charge on any atom is 0.233 e. The van der Waals surface area contributed by atoms with Crippen LogP contribution in [-0.4, -0.2) is 17.4 Å². The summed E-state index contributed by atoms with van der Waals surface area (Å²) in [6, 6.07) is 6.69. The highest BCUT2D eigenvalue weighted by atomic mass is 35.5. The van der Waals surface area contributed by atoms with Crippen LogP contribution >= 0.6 is 11.6 Å². The van der Waals surface area contributed by atoms with Crippen molar-refractivity contribution in [2.45, 2.75) is 38.6 Å². The number of rotatable bonds is 2. The lowest BCUT2D eigenvalue weighted by Gasteiger charge is -2.32. The molecule has 5 heteroatoms. The van der Waals surface area contributed by atoms with Gasteiger partial charge in [0.25, 0.3) is 0 Å². The first-order chi connectivity index (χ1) is 10.9. The topological polar surface area (TPSA) is 33.5 Å². The van der Waals surface area contributed by atoms with Crippen LogP contribution in [0.25, 0.3) is 0 Å². The first-order valence-electron chi connectivity index (χ1n) is 7.70. The van der Waals surface area contributed by atoms with Gasteiger partial charge in [-0.05, 0) is 32.4 Å². The Morgan fingerprint density at radius 2 is 2.13 bits per heavy atom. The summed E-state index contributed by atoms with van der Waals surface area (Å²) in [7, 11) is 0. The SMILES string of the molecule is CC(C)(C(=O)N1CCCc2occc2C1)c1cccc(Cl)c1F. The summed E-state index contributed by atoms with van der Waals surface area (Å²) >= 11 is 5.88. The largest absolute Gasteiger partial charge is 0.469 e. The Balaban J connectivity index is 1.91. The molecule has 2 heterocycles. The summed E-state index contributed by atoms with van der Waals surface area (Å²) in [5.41, 5.74) is 0.369. The molecule has 1 aliphatic rings. The minimum Gasteiger partial charge on any atom is -0.469 e. The van der Waals surface area contributed by atoms with E-state index in [9.17, 15) is 9.18 Å². The number of hydrogen-bond donors (Lipinski definition) is 0. The average molecular weight is 336 g/mol. The molecule has 3 rings (SSSR count). The van der Waals surface area contributed by atoms with Crippen molar-refractivity contribution in [1.29, 1.82) is 0 Å². The molecular weight excluding hydrogens is 317 g/mol. The second-order valence-corrected chi connectivity index (χ2v) is 6.83. The summed E-state index contributed by atoms with van der Waals surface area (Å²) in [5.74, 6) is 0.311. The molecule has 0 saturated heterocycles. The molecule has 0 fully saturated rings. The van der Waals surface area contributed by atoms with Crippen LogP contribution in [0.2, 0.25) is 5.02 Å². The Hall–Kier alpha value is -1.81. The van der Waals surface area contributed by atoms with Crippen molar-refractivity contribution < 1.29 is 13.6 Å². The van der Waals surface area contributed by atoms with E-state index in [0.29, 0.717) is 18.7 Å². The first-order valence-corrected chi connectivity index (χ1v) is 8.08. The van der Waals surface area contributed by atoms with Crippen LogP contribution in [0.3, 0.4) is 0 Å². The van der Waals surface area contributed by atoms with E-state index in [4.69, 9.17) is 16.0 Å². The monoisotopic (exact) mass is 335 g/mol.